The van der Waals surface area contributed by atoms with Crippen LogP contribution in [0.3, 0.4) is 0 Å². The lowest BCUT2D eigenvalue weighted by Crippen LogP contribution is -2.03. The van der Waals surface area contributed by atoms with Crippen molar-refractivity contribution >= 4 is 6.08 Å². The average molecular weight is 268 g/mol. The minimum absolute atomic E-state index is 0.310. The standard InChI is InChI=1S/C18H20O2/c1-15(19)14-17-9-11-18(12-10-17)20-13-5-8-16-6-3-2-4-7-16/h2-12,15,19H,13-14H2,1H3/b8-5+. The summed E-state index contributed by atoms with van der Waals surface area (Å²) in [4.78, 5) is 0. The smallest absolute Gasteiger partial charge is 0.119 e. The summed E-state index contributed by atoms with van der Waals surface area (Å²) < 4.78 is 5.64. The summed E-state index contributed by atoms with van der Waals surface area (Å²) in [5, 5.41) is 9.32. The van der Waals surface area contributed by atoms with E-state index in [2.05, 4.69) is 12.1 Å². The van der Waals surface area contributed by atoms with E-state index in [1.54, 1.807) is 6.92 Å². The number of benzene rings is 2. The van der Waals surface area contributed by atoms with Crippen molar-refractivity contribution < 1.29 is 9.84 Å². The van der Waals surface area contributed by atoms with Crippen molar-refractivity contribution in [2.24, 2.45) is 0 Å². The van der Waals surface area contributed by atoms with Crippen molar-refractivity contribution in [3.8, 4) is 5.75 Å². The predicted molar refractivity (Wildman–Crippen MR) is 82.8 cm³/mol. The molecule has 1 atom stereocenters. The van der Waals surface area contributed by atoms with Gasteiger partial charge in [0, 0.05) is 0 Å². The number of ether oxygens (including phenoxy) is 1. The van der Waals surface area contributed by atoms with Crippen LogP contribution in [0.5, 0.6) is 5.75 Å². The molecule has 2 heteroatoms. The molecule has 0 fully saturated rings. The predicted octanol–water partition coefficient (Wildman–Crippen LogP) is 3.70. The fourth-order valence-electron chi connectivity index (χ4n) is 1.96. The van der Waals surface area contributed by atoms with Gasteiger partial charge in [-0.1, -0.05) is 48.5 Å². The maximum absolute atomic E-state index is 9.32. The van der Waals surface area contributed by atoms with Gasteiger partial charge in [0.25, 0.3) is 0 Å². The van der Waals surface area contributed by atoms with Gasteiger partial charge in [0.05, 0.1) is 6.10 Å². The molecule has 0 aliphatic heterocycles. The fraction of sp³-hybridized carbons (Fsp3) is 0.222. The Labute approximate surface area is 120 Å². The van der Waals surface area contributed by atoms with Crippen molar-refractivity contribution in [2.45, 2.75) is 19.4 Å². The van der Waals surface area contributed by atoms with E-state index in [0.29, 0.717) is 13.0 Å². The third-order valence-corrected chi connectivity index (χ3v) is 2.91. The van der Waals surface area contributed by atoms with Crippen LogP contribution in [0.2, 0.25) is 0 Å². The van der Waals surface area contributed by atoms with Gasteiger partial charge in [0.2, 0.25) is 0 Å². The SMILES string of the molecule is CC(O)Cc1ccc(OC/C=C/c2ccccc2)cc1. The monoisotopic (exact) mass is 268 g/mol. The van der Waals surface area contributed by atoms with Gasteiger partial charge in [0.15, 0.2) is 0 Å². The number of hydrogen-bond acceptors (Lipinski definition) is 2. The summed E-state index contributed by atoms with van der Waals surface area (Å²) in [6, 6.07) is 18.0. The number of aliphatic hydroxyl groups excluding tert-OH is 1. The van der Waals surface area contributed by atoms with Crippen molar-refractivity contribution in [3.05, 3.63) is 71.8 Å². The summed E-state index contributed by atoms with van der Waals surface area (Å²) >= 11 is 0. The van der Waals surface area contributed by atoms with E-state index in [-0.39, 0.29) is 6.10 Å². The van der Waals surface area contributed by atoms with Crippen LogP contribution in [0, 0.1) is 0 Å². The van der Waals surface area contributed by atoms with Crippen molar-refractivity contribution in [1.82, 2.24) is 0 Å². The molecule has 1 N–H and O–H groups in total. The molecule has 2 aromatic carbocycles. The zero-order chi connectivity index (χ0) is 14.2. The fourth-order valence-corrected chi connectivity index (χ4v) is 1.96. The Hall–Kier alpha value is -2.06. The normalized spacial score (nSPS) is 12.5. The zero-order valence-electron chi connectivity index (χ0n) is 11.7. The lowest BCUT2D eigenvalue weighted by Gasteiger charge is -2.06. The van der Waals surface area contributed by atoms with E-state index in [1.807, 2.05) is 54.6 Å². The number of hydrogen-bond donors (Lipinski definition) is 1. The van der Waals surface area contributed by atoms with E-state index in [9.17, 15) is 5.11 Å². The lowest BCUT2D eigenvalue weighted by molar-refractivity contribution is 0.195. The second kappa shape index (κ2) is 7.51. The van der Waals surface area contributed by atoms with Gasteiger partial charge in [0.1, 0.15) is 12.4 Å². The first kappa shape index (κ1) is 14.4. The van der Waals surface area contributed by atoms with Gasteiger partial charge in [-0.05, 0) is 42.7 Å². The first-order chi connectivity index (χ1) is 9.74. The highest BCUT2D eigenvalue weighted by Crippen LogP contribution is 2.13. The first-order valence-corrected chi connectivity index (χ1v) is 6.85. The second-order valence-electron chi connectivity index (χ2n) is 4.82. The Bertz CT molecular complexity index is 527. The zero-order valence-corrected chi connectivity index (χ0v) is 11.7. The molecule has 0 radical (unpaired) electrons. The Morgan fingerprint density at radius 3 is 2.40 bits per heavy atom. The molecule has 2 nitrogen and oxygen atoms in total. The Kier molecular flexibility index (Phi) is 5.39. The maximum atomic E-state index is 9.32. The van der Waals surface area contributed by atoms with Crippen LogP contribution in [0.15, 0.2) is 60.7 Å². The van der Waals surface area contributed by atoms with E-state index < -0.39 is 0 Å². The largest absolute Gasteiger partial charge is 0.490 e. The van der Waals surface area contributed by atoms with Crippen LogP contribution in [-0.2, 0) is 6.42 Å². The summed E-state index contributed by atoms with van der Waals surface area (Å²) in [6.07, 6.45) is 4.41. The molecule has 0 saturated heterocycles. The quantitative estimate of drug-likeness (QED) is 0.865. The van der Waals surface area contributed by atoms with E-state index in [1.165, 1.54) is 5.56 Å². The molecule has 0 saturated carbocycles. The summed E-state index contributed by atoms with van der Waals surface area (Å²) in [7, 11) is 0. The number of rotatable bonds is 6. The molecule has 0 aromatic heterocycles. The Balaban J connectivity index is 1.81. The molecule has 0 aliphatic rings. The second-order valence-corrected chi connectivity index (χ2v) is 4.82. The number of aliphatic hydroxyl groups is 1. The Morgan fingerprint density at radius 1 is 1.05 bits per heavy atom. The first-order valence-electron chi connectivity index (χ1n) is 6.85. The van der Waals surface area contributed by atoms with Gasteiger partial charge in [-0.25, -0.2) is 0 Å². The third kappa shape index (κ3) is 4.90. The van der Waals surface area contributed by atoms with Crippen molar-refractivity contribution in [3.63, 3.8) is 0 Å². The molecule has 1 unspecified atom stereocenters. The van der Waals surface area contributed by atoms with E-state index in [4.69, 9.17) is 4.74 Å². The van der Waals surface area contributed by atoms with Crippen LogP contribution in [-0.4, -0.2) is 17.8 Å². The highest BCUT2D eigenvalue weighted by atomic mass is 16.5. The third-order valence-electron chi connectivity index (χ3n) is 2.91. The molecule has 2 aromatic rings. The molecule has 0 bridgehead atoms. The molecule has 0 aliphatic carbocycles. The molecule has 104 valence electrons. The van der Waals surface area contributed by atoms with Crippen LogP contribution >= 0.6 is 0 Å². The average Bonchev–Trinajstić information content (AvgIpc) is 2.46. The molecule has 2 rings (SSSR count). The van der Waals surface area contributed by atoms with Gasteiger partial charge >= 0.3 is 0 Å². The van der Waals surface area contributed by atoms with Crippen LogP contribution in [0.4, 0.5) is 0 Å². The molecular weight excluding hydrogens is 248 g/mol. The van der Waals surface area contributed by atoms with E-state index in [0.717, 1.165) is 11.3 Å². The van der Waals surface area contributed by atoms with Gasteiger partial charge in [-0.3, -0.25) is 0 Å². The maximum Gasteiger partial charge on any atom is 0.119 e. The van der Waals surface area contributed by atoms with Crippen LogP contribution < -0.4 is 4.74 Å². The molecule has 20 heavy (non-hydrogen) atoms. The van der Waals surface area contributed by atoms with Gasteiger partial charge in [-0.15, -0.1) is 0 Å². The van der Waals surface area contributed by atoms with Crippen molar-refractivity contribution in [1.29, 1.82) is 0 Å². The Morgan fingerprint density at radius 2 is 1.75 bits per heavy atom. The van der Waals surface area contributed by atoms with Gasteiger partial charge < -0.3 is 9.84 Å². The minimum atomic E-state index is -0.310. The van der Waals surface area contributed by atoms with E-state index >= 15 is 0 Å². The summed E-state index contributed by atoms with van der Waals surface area (Å²) in [5.41, 5.74) is 2.29. The van der Waals surface area contributed by atoms with Crippen LogP contribution in [0.1, 0.15) is 18.1 Å². The lowest BCUT2D eigenvalue weighted by atomic mass is 10.1. The minimum Gasteiger partial charge on any atom is -0.490 e. The van der Waals surface area contributed by atoms with Crippen LogP contribution in [0.25, 0.3) is 6.08 Å². The highest BCUT2D eigenvalue weighted by Gasteiger charge is 1.99. The molecule has 0 amide bonds. The molecule has 0 heterocycles. The summed E-state index contributed by atoms with van der Waals surface area (Å²) in [6.45, 7) is 2.34. The summed E-state index contributed by atoms with van der Waals surface area (Å²) in [5.74, 6) is 0.844. The molecule has 0 spiro atoms. The topological polar surface area (TPSA) is 29.5 Å². The van der Waals surface area contributed by atoms with Crippen molar-refractivity contribution in [2.75, 3.05) is 6.61 Å². The van der Waals surface area contributed by atoms with Gasteiger partial charge in [-0.2, -0.15) is 0 Å². The molecular formula is C18H20O2. The highest BCUT2D eigenvalue weighted by molar-refractivity contribution is 5.48.